The van der Waals surface area contributed by atoms with Crippen LogP contribution in [-0.2, 0) is 71.2 Å². The van der Waals surface area contributed by atoms with Gasteiger partial charge in [0.1, 0.15) is 29.0 Å². The number of halogens is 9. The summed E-state index contributed by atoms with van der Waals surface area (Å²) in [5, 5.41) is 8.96. The van der Waals surface area contributed by atoms with Gasteiger partial charge in [-0.1, -0.05) is 76.2 Å². The van der Waals surface area contributed by atoms with Crippen LogP contribution in [0.5, 0.6) is 0 Å². The molecule has 76 heavy (non-hydrogen) atoms. The van der Waals surface area contributed by atoms with E-state index >= 15 is 0 Å². The average molecular weight is 1190 g/mol. The zero-order chi connectivity index (χ0) is 59.9. The van der Waals surface area contributed by atoms with Gasteiger partial charge in [0.25, 0.3) is 0 Å². The number of carbonyl (C=O) groups excluding carboxylic acids is 3. The minimum Gasteiger partial charge on any atom is -0.468 e. The molecule has 1 atom stereocenters. The maximum Gasteiger partial charge on any atom is 0.534 e. The molecular weight excluding hydrogens is 1120 g/mol. The summed E-state index contributed by atoms with van der Waals surface area (Å²) in [6, 6.07) is 0. The number of aliphatic hydroxyl groups is 1. The molecule has 0 aromatic carbocycles. The van der Waals surface area contributed by atoms with Crippen molar-refractivity contribution in [3.63, 3.8) is 0 Å². The molecule has 0 aliphatic heterocycles. The molecule has 0 bridgehead atoms. The first-order chi connectivity index (χ1) is 33.7. The number of esters is 2. The van der Waals surface area contributed by atoms with Crippen molar-refractivity contribution in [2.75, 3.05) is 27.4 Å². The fourth-order valence-corrected chi connectivity index (χ4v) is 10.1. The first-order valence-corrected chi connectivity index (χ1v) is 31.0. The molecule has 4 aliphatic carbocycles. The number of methoxy groups -OCH3 is 2. The Morgan fingerprint density at radius 3 is 1.29 bits per heavy atom. The standard InChI is InChI=1S/C16H29F3O4SSi.C11H15F3O5S.C10H15F3O4S.C10H16O3/c1-14(2,3)25(6,7)22-11-12-8-9-15(4,5)10-13(12)23-24(20,21)16(17,18)19;1-10(2)5-4-7(9(15)18-3)8(6-10)19-20(16,17)11(12,13)14;1-9(2)4-3-7(6-14)8(5-9)17-18(15,16)10(11,12)13;1-10(2)5-4-7(8(11)6-10)9(12)13-3/h8-11H2,1-7H3;4-6H2,1-3H3;14H,3-6H2,1-2H3;7H,4-6H2,1-3H3. The van der Waals surface area contributed by atoms with Gasteiger partial charge in [0.15, 0.2) is 8.32 Å². The van der Waals surface area contributed by atoms with Gasteiger partial charge in [0.05, 0.1) is 33.0 Å². The molecule has 0 saturated heterocycles. The molecule has 4 rings (SSSR count). The maximum atomic E-state index is 12.7. The van der Waals surface area contributed by atoms with E-state index in [0.29, 0.717) is 44.1 Å². The van der Waals surface area contributed by atoms with Crippen molar-refractivity contribution in [1.82, 2.24) is 0 Å². The largest absolute Gasteiger partial charge is 0.534 e. The number of allylic oxidation sites excluding steroid dienone is 3. The highest BCUT2D eigenvalue weighted by atomic mass is 32.2. The van der Waals surface area contributed by atoms with Crippen LogP contribution in [0.1, 0.15) is 153 Å². The molecule has 0 radical (unpaired) electrons. The number of hydrogen-bond donors (Lipinski definition) is 1. The normalized spacial score (nSPS) is 21.3. The molecule has 0 heterocycles. The topological polar surface area (TPSA) is 229 Å². The van der Waals surface area contributed by atoms with Gasteiger partial charge in [-0.2, -0.15) is 64.8 Å². The quantitative estimate of drug-likeness (QED) is 0.0478. The zero-order valence-corrected chi connectivity index (χ0v) is 49.1. The number of aliphatic hydroxyl groups excluding tert-OH is 1. The Balaban J connectivity index is 0.000000518. The Kier molecular flexibility index (Phi) is 23.6. The molecule has 444 valence electrons. The van der Waals surface area contributed by atoms with Crippen LogP contribution in [0, 0.1) is 27.6 Å². The van der Waals surface area contributed by atoms with Crippen LogP contribution in [0.25, 0.3) is 0 Å². The first kappa shape index (κ1) is 70.6. The number of ether oxygens (including phenoxy) is 2. The molecule has 4 aliphatic rings. The van der Waals surface area contributed by atoms with E-state index in [4.69, 9.17) is 9.53 Å². The third-order valence-electron chi connectivity index (χ3n) is 13.5. The number of Topliss-reactive ketones (excluding diaryl/α,β-unsaturated/α-hetero) is 1. The molecule has 1 unspecified atom stereocenters. The predicted molar refractivity (Wildman–Crippen MR) is 263 cm³/mol. The van der Waals surface area contributed by atoms with Crippen molar-refractivity contribution in [1.29, 1.82) is 0 Å². The van der Waals surface area contributed by atoms with Crippen molar-refractivity contribution in [3.8, 4) is 0 Å². The van der Waals surface area contributed by atoms with E-state index in [0.717, 1.165) is 20.0 Å². The van der Waals surface area contributed by atoms with Gasteiger partial charge in [0, 0.05) is 25.7 Å². The Bertz CT molecular complexity index is 2520. The summed E-state index contributed by atoms with van der Waals surface area (Å²) in [6.45, 7) is 24.8. The Labute approximate surface area is 442 Å². The second-order valence-electron chi connectivity index (χ2n) is 23.5. The number of alkyl halides is 9. The highest BCUT2D eigenvalue weighted by Gasteiger charge is 2.52. The fourth-order valence-electron chi connectivity index (χ4n) is 7.50. The minimum absolute atomic E-state index is 0.0306. The van der Waals surface area contributed by atoms with Crippen LogP contribution in [0.2, 0.25) is 18.1 Å². The van der Waals surface area contributed by atoms with Gasteiger partial charge in [-0.25, -0.2) is 4.79 Å². The van der Waals surface area contributed by atoms with Crippen molar-refractivity contribution in [2.45, 2.75) is 188 Å². The van der Waals surface area contributed by atoms with E-state index < -0.39 is 84.9 Å². The summed E-state index contributed by atoms with van der Waals surface area (Å²) < 4.78 is 206. The third-order valence-corrected chi connectivity index (χ3v) is 20.9. The summed E-state index contributed by atoms with van der Waals surface area (Å²) in [5.41, 5.74) is -17.0. The number of ketones is 1. The predicted octanol–water partition coefficient (Wildman–Crippen LogP) is 11.7. The third kappa shape index (κ3) is 21.0. The van der Waals surface area contributed by atoms with Crippen LogP contribution in [-0.4, -0.2) is 100 Å². The smallest absolute Gasteiger partial charge is 0.468 e. The highest BCUT2D eigenvalue weighted by Crippen LogP contribution is 2.45. The summed E-state index contributed by atoms with van der Waals surface area (Å²) in [7, 11) is -16.8. The van der Waals surface area contributed by atoms with Gasteiger partial charge in [-0.05, 0) is 102 Å². The second kappa shape index (κ2) is 25.4. The Hall–Kier alpha value is -3.41. The Morgan fingerprint density at radius 2 is 0.934 bits per heavy atom. The van der Waals surface area contributed by atoms with Crippen LogP contribution < -0.4 is 0 Å². The summed E-state index contributed by atoms with van der Waals surface area (Å²) in [5.74, 6) is -2.63. The molecule has 1 fully saturated rings. The molecule has 0 spiro atoms. The molecule has 1 N–H and O–H groups in total. The van der Waals surface area contributed by atoms with Gasteiger partial charge >= 0.3 is 58.8 Å². The first-order valence-electron chi connectivity index (χ1n) is 23.8. The average Bonchev–Trinajstić information content (AvgIpc) is 3.20. The molecular formula is C47H75F9O16S3Si. The Morgan fingerprint density at radius 1 is 0.579 bits per heavy atom. The van der Waals surface area contributed by atoms with E-state index in [1.165, 1.54) is 7.11 Å². The van der Waals surface area contributed by atoms with E-state index in [1.807, 2.05) is 26.9 Å². The van der Waals surface area contributed by atoms with Crippen LogP contribution >= 0.6 is 0 Å². The highest BCUT2D eigenvalue weighted by molar-refractivity contribution is 7.88. The minimum atomic E-state index is -5.79. The van der Waals surface area contributed by atoms with Gasteiger partial charge in [-0.3, -0.25) is 9.59 Å². The monoisotopic (exact) mass is 1190 g/mol. The summed E-state index contributed by atoms with van der Waals surface area (Å²) >= 11 is 0. The molecule has 16 nitrogen and oxygen atoms in total. The van der Waals surface area contributed by atoms with Gasteiger partial charge in [0.2, 0.25) is 0 Å². The van der Waals surface area contributed by atoms with Crippen molar-refractivity contribution >= 4 is 56.4 Å². The SMILES string of the molecule is CC1(C)CCC(CO)=C(OS(=O)(=O)C(F)(F)F)C1.CC1(C)CCC(CO[Si](C)(C)C(C)(C)C)=C(OS(=O)(=O)C(F)(F)F)C1.COC(=O)C1=C(OS(=O)(=O)C(F)(F)F)CC(C)(C)CC1.COC(=O)C1CCC(C)(C)CC1=O. The lowest BCUT2D eigenvalue weighted by atomic mass is 9.72. The maximum absolute atomic E-state index is 12.7. The lowest BCUT2D eigenvalue weighted by Gasteiger charge is -2.38. The number of carbonyl (C=O) groups is 3. The van der Waals surface area contributed by atoms with Crippen molar-refractivity contribution in [2.24, 2.45) is 27.6 Å². The van der Waals surface area contributed by atoms with Gasteiger partial charge < -0.3 is 31.6 Å². The zero-order valence-electron chi connectivity index (χ0n) is 45.7. The number of rotatable bonds is 12. The lowest BCUT2D eigenvalue weighted by Crippen LogP contribution is -2.41. The number of hydrogen-bond acceptors (Lipinski definition) is 16. The van der Waals surface area contributed by atoms with E-state index in [9.17, 15) is 79.2 Å². The molecule has 0 aromatic heterocycles. The van der Waals surface area contributed by atoms with Crippen LogP contribution in [0.4, 0.5) is 39.5 Å². The molecule has 29 heteroatoms. The second-order valence-corrected chi connectivity index (χ2v) is 33.0. The van der Waals surface area contributed by atoms with E-state index in [2.05, 4.69) is 56.6 Å². The van der Waals surface area contributed by atoms with Crippen LogP contribution in [0.3, 0.4) is 0 Å². The van der Waals surface area contributed by atoms with Crippen molar-refractivity contribution < 1.29 is 111 Å². The lowest BCUT2D eigenvalue weighted by molar-refractivity contribution is -0.152. The molecule has 0 aromatic rings. The molecule has 0 amide bonds. The molecule has 1 saturated carbocycles. The van der Waals surface area contributed by atoms with E-state index in [1.54, 1.807) is 27.7 Å². The van der Waals surface area contributed by atoms with Crippen LogP contribution in [0.15, 0.2) is 34.0 Å². The summed E-state index contributed by atoms with van der Waals surface area (Å²) in [4.78, 5) is 34.1. The summed E-state index contributed by atoms with van der Waals surface area (Å²) in [6.07, 6.45) is 4.94. The van der Waals surface area contributed by atoms with Crippen molar-refractivity contribution in [3.05, 3.63) is 34.0 Å². The van der Waals surface area contributed by atoms with E-state index in [-0.39, 0.29) is 88.0 Å². The fraction of sp³-hybridized carbons (Fsp3) is 0.809. The van der Waals surface area contributed by atoms with Gasteiger partial charge in [-0.15, -0.1) is 0 Å².